The normalized spacial score (nSPS) is 12.9. The van der Waals surface area contributed by atoms with E-state index in [1.165, 1.54) is 5.56 Å². The third kappa shape index (κ3) is 4.22. The lowest BCUT2D eigenvalue weighted by molar-refractivity contribution is 0.0351. The van der Waals surface area contributed by atoms with Gasteiger partial charge in [0.15, 0.2) is 0 Å². The second kappa shape index (κ2) is 5.52. The summed E-state index contributed by atoms with van der Waals surface area (Å²) in [6.07, 6.45) is 0.271. The summed E-state index contributed by atoms with van der Waals surface area (Å²) in [5, 5.41) is 3.33. The first-order valence-corrected chi connectivity index (χ1v) is 5.96. The Morgan fingerprint density at radius 1 is 1.27 bits per heavy atom. The van der Waals surface area contributed by atoms with Crippen LogP contribution in [0.15, 0.2) is 22.7 Å². The molecule has 84 valence electrons. The van der Waals surface area contributed by atoms with Gasteiger partial charge in [-0.05, 0) is 51.5 Å². The second-order valence-electron chi connectivity index (χ2n) is 3.93. The van der Waals surface area contributed by atoms with E-state index < -0.39 is 0 Å². The molecule has 0 fully saturated rings. The predicted octanol–water partition coefficient (Wildman–Crippen LogP) is 3.94. The van der Waals surface area contributed by atoms with E-state index in [9.17, 15) is 0 Å². The molecular weight excluding hydrogens is 254 g/mol. The van der Waals surface area contributed by atoms with E-state index in [2.05, 4.69) is 40.3 Å². The summed E-state index contributed by atoms with van der Waals surface area (Å²) < 4.78 is 6.72. The number of nitrogens with one attached hydrogen (secondary N) is 1. The molecule has 1 unspecified atom stereocenters. The number of aryl methyl sites for hydroxylation is 1. The monoisotopic (exact) mass is 271 g/mol. The summed E-state index contributed by atoms with van der Waals surface area (Å²) in [6.45, 7) is 8.16. The summed E-state index contributed by atoms with van der Waals surface area (Å²) in [6, 6.07) is 6.17. The summed E-state index contributed by atoms with van der Waals surface area (Å²) in [5.74, 6) is 0. The quantitative estimate of drug-likeness (QED) is 0.838. The van der Waals surface area contributed by atoms with Gasteiger partial charge in [-0.3, -0.25) is 0 Å². The van der Waals surface area contributed by atoms with Gasteiger partial charge in [-0.2, -0.15) is 0 Å². The Morgan fingerprint density at radius 2 is 1.93 bits per heavy atom. The molecule has 3 heteroatoms. The van der Waals surface area contributed by atoms with Crippen LogP contribution in [0, 0.1) is 6.92 Å². The van der Waals surface area contributed by atoms with Crippen LogP contribution in [0.3, 0.4) is 0 Å². The molecule has 1 N–H and O–H groups in total. The van der Waals surface area contributed by atoms with Gasteiger partial charge in [0.1, 0.15) is 6.23 Å². The first-order chi connectivity index (χ1) is 6.99. The average Bonchev–Trinajstić information content (AvgIpc) is 2.08. The molecule has 0 aliphatic rings. The maximum absolute atomic E-state index is 5.62. The minimum Gasteiger partial charge on any atom is -0.360 e. The highest BCUT2D eigenvalue weighted by Gasteiger charge is 2.06. The Morgan fingerprint density at radius 3 is 2.47 bits per heavy atom. The maximum atomic E-state index is 5.62. The van der Waals surface area contributed by atoms with E-state index in [-0.39, 0.29) is 12.3 Å². The van der Waals surface area contributed by atoms with Crippen LogP contribution in [-0.4, -0.2) is 12.3 Å². The maximum Gasteiger partial charge on any atom is 0.125 e. The van der Waals surface area contributed by atoms with Gasteiger partial charge in [0, 0.05) is 10.2 Å². The molecule has 0 saturated carbocycles. The summed E-state index contributed by atoms with van der Waals surface area (Å²) in [7, 11) is 0. The molecule has 1 aromatic carbocycles. The van der Waals surface area contributed by atoms with Gasteiger partial charge < -0.3 is 10.1 Å². The van der Waals surface area contributed by atoms with Crippen molar-refractivity contribution in [2.75, 3.05) is 5.32 Å². The van der Waals surface area contributed by atoms with Crippen LogP contribution in [0.25, 0.3) is 0 Å². The largest absolute Gasteiger partial charge is 0.360 e. The smallest absolute Gasteiger partial charge is 0.125 e. The van der Waals surface area contributed by atoms with Gasteiger partial charge in [0.25, 0.3) is 0 Å². The van der Waals surface area contributed by atoms with Gasteiger partial charge in [-0.15, -0.1) is 0 Å². The Hall–Kier alpha value is -0.540. The highest BCUT2D eigenvalue weighted by molar-refractivity contribution is 9.10. The molecule has 1 aromatic rings. The molecular formula is C12H18BrNO. The minimum absolute atomic E-state index is 0.0323. The summed E-state index contributed by atoms with van der Waals surface area (Å²) >= 11 is 3.44. The minimum atomic E-state index is 0.0323. The lowest BCUT2D eigenvalue weighted by Gasteiger charge is -2.19. The van der Waals surface area contributed by atoms with E-state index in [0.717, 1.165) is 10.2 Å². The van der Waals surface area contributed by atoms with Gasteiger partial charge in [-0.1, -0.05) is 15.9 Å². The van der Waals surface area contributed by atoms with Gasteiger partial charge in [0.05, 0.1) is 6.10 Å². The molecule has 0 aliphatic carbocycles. The third-order valence-corrected chi connectivity index (χ3v) is 2.52. The Balaban J connectivity index is 2.64. The van der Waals surface area contributed by atoms with Crippen molar-refractivity contribution in [1.82, 2.24) is 0 Å². The van der Waals surface area contributed by atoms with E-state index in [4.69, 9.17) is 4.74 Å². The van der Waals surface area contributed by atoms with Crippen molar-refractivity contribution in [1.29, 1.82) is 0 Å². The van der Waals surface area contributed by atoms with Crippen molar-refractivity contribution in [2.24, 2.45) is 0 Å². The Bertz CT molecular complexity index is 325. The Labute approximate surface area is 100 Å². The van der Waals surface area contributed by atoms with Crippen LogP contribution >= 0.6 is 15.9 Å². The van der Waals surface area contributed by atoms with Crippen molar-refractivity contribution in [3.05, 3.63) is 28.2 Å². The first-order valence-electron chi connectivity index (χ1n) is 5.17. The predicted molar refractivity (Wildman–Crippen MR) is 68.2 cm³/mol. The zero-order valence-electron chi connectivity index (χ0n) is 9.67. The second-order valence-corrected chi connectivity index (χ2v) is 4.85. The van der Waals surface area contributed by atoms with Gasteiger partial charge in [-0.25, -0.2) is 0 Å². The standard InChI is InChI=1S/C12H18BrNO/c1-8(2)15-10(4)14-12-6-5-11(13)7-9(12)3/h5-8,10,14H,1-4H3. The zero-order valence-corrected chi connectivity index (χ0v) is 11.3. The Kier molecular flexibility index (Phi) is 4.61. The van der Waals surface area contributed by atoms with Gasteiger partial charge in [0.2, 0.25) is 0 Å². The van der Waals surface area contributed by atoms with Crippen molar-refractivity contribution in [3.63, 3.8) is 0 Å². The molecule has 2 nitrogen and oxygen atoms in total. The van der Waals surface area contributed by atoms with Crippen molar-refractivity contribution < 1.29 is 4.74 Å². The number of hydrogen-bond donors (Lipinski definition) is 1. The molecule has 0 amide bonds. The third-order valence-electron chi connectivity index (χ3n) is 2.02. The SMILES string of the molecule is Cc1cc(Br)ccc1NC(C)OC(C)C. The molecule has 0 aromatic heterocycles. The topological polar surface area (TPSA) is 21.3 Å². The molecule has 15 heavy (non-hydrogen) atoms. The number of benzene rings is 1. The van der Waals surface area contributed by atoms with Crippen molar-refractivity contribution in [2.45, 2.75) is 40.0 Å². The van der Waals surface area contributed by atoms with Crippen LogP contribution in [0.5, 0.6) is 0 Å². The van der Waals surface area contributed by atoms with Crippen LogP contribution in [0.2, 0.25) is 0 Å². The molecule has 0 aliphatic heterocycles. The van der Waals surface area contributed by atoms with Crippen LogP contribution in [-0.2, 0) is 4.74 Å². The molecule has 0 saturated heterocycles. The van der Waals surface area contributed by atoms with E-state index in [1.54, 1.807) is 0 Å². The van der Waals surface area contributed by atoms with Crippen LogP contribution in [0.4, 0.5) is 5.69 Å². The first kappa shape index (κ1) is 12.5. The van der Waals surface area contributed by atoms with Crippen molar-refractivity contribution >= 4 is 21.6 Å². The molecule has 0 radical (unpaired) electrons. The average molecular weight is 272 g/mol. The highest BCUT2D eigenvalue weighted by atomic mass is 79.9. The molecule has 0 spiro atoms. The highest BCUT2D eigenvalue weighted by Crippen LogP contribution is 2.20. The van der Waals surface area contributed by atoms with E-state index >= 15 is 0 Å². The lowest BCUT2D eigenvalue weighted by atomic mass is 10.2. The molecule has 0 heterocycles. The lowest BCUT2D eigenvalue weighted by Crippen LogP contribution is -2.23. The molecule has 0 bridgehead atoms. The number of rotatable bonds is 4. The zero-order chi connectivity index (χ0) is 11.4. The number of halogens is 1. The summed E-state index contributed by atoms with van der Waals surface area (Å²) in [4.78, 5) is 0. The fourth-order valence-corrected chi connectivity index (χ4v) is 1.93. The van der Waals surface area contributed by atoms with Crippen LogP contribution in [0.1, 0.15) is 26.3 Å². The fourth-order valence-electron chi connectivity index (χ4n) is 1.45. The fraction of sp³-hybridized carbons (Fsp3) is 0.500. The number of hydrogen-bond acceptors (Lipinski definition) is 2. The molecule has 1 atom stereocenters. The number of ether oxygens (including phenoxy) is 1. The van der Waals surface area contributed by atoms with E-state index in [0.29, 0.717) is 0 Å². The summed E-state index contributed by atoms with van der Waals surface area (Å²) in [5.41, 5.74) is 2.33. The number of anilines is 1. The van der Waals surface area contributed by atoms with Gasteiger partial charge >= 0.3 is 0 Å². The van der Waals surface area contributed by atoms with Crippen LogP contribution < -0.4 is 5.32 Å². The molecule has 1 rings (SSSR count). The van der Waals surface area contributed by atoms with E-state index in [1.807, 2.05) is 26.8 Å². The van der Waals surface area contributed by atoms with Crippen molar-refractivity contribution in [3.8, 4) is 0 Å².